The van der Waals surface area contributed by atoms with Crippen LogP contribution in [0, 0.1) is 5.92 Å². The van der Waals surface area contributed by atoms with Gasteiger partial charge in [0.15, 0.2) is 0 Å². The second kappa shape index (κ2) is 16.4. The Bertz CT molecular complexity index is 1820. The summed E-state index contributed by atoms with van der Waals surface area (Å²) in [5.41, 5.74) is -1.33. The van der Waals surface area contributed by atoms with Gasteiger partial charge in [-0.1, -0.05) is 62.2 Å². The van der Waals surface area contributed by atoms with Gasteiger partial charge in [0.05, 0.1) is 5.25 Å². The van der Waals surface area contributed by atoms with E-state index < -0.39 is 80.2 Å². The summed E-state index contributed by atoms with van der Waals surface area (Å²) in [5.74, 6) is -2.99. The third-order valence-corrected chi connectivity index (χ3v) is 12.6. The predicted octanol–water partition coefficient (Wildman–Crippen LogP) is 4.04. The zero-order valence-corrected chi connectivity index (χ0v) is 32.5. The fourth-order valence-corrected chi connectivity index (χ4v) is 8.45. The SMILES string of the molecule is CCC(C)S(=O)(=O)NC(=O)[C@@]12C[C@H]1/C=C\CCCCC[C@H](NC(=O)OC(C)(C)C)C(=O)N1C[C@H](NC(=O)c3csc(-c4ccccc4)n3)C[C@H]1C(=O)N2. The number of rotatable bonds is 8. The number of fused-ring (bicyclic) bond motifs is 2. The van der Waals surface area contributed by atoms with Crippen LogP contribution in [0.3, 0.4) is 0 Å². The van der Waals surface area contributed by atoms with E-state index in [1.807, 2.05) is 42.5 Å². The number of carbonyl (C=O) groups is 5. The molecule has 5 amide bonds. The van der Waals surface area contributed by atoms with E-state index in [9.17, 15) is 32.4 Å². The molecule has 2 aromatic rings. The molecular formula is C37H50N6O8S2. The molecule has 5 rings (SSSR count). The fraction of sp³-hybridized carbons (Fsp3) is 0.568. The Balaban J connectivity index is 1.43. The lowest BCUT2D eigenvalue weighted by atomic mass is 10.0. The van der Waals surface area contributed by atoms with Gasteiger partial charge in [-0.2, -0.15) is 0 Å². The first-order chi connectivity index (χ1) is 25.0. The summed E-state index contributed by atoms with van der Waals surface area (Å²) in [5, 5.41) is 9.92. The standard InChI is InChI=1S/C37H50N6O8S2/c1-6-23(2)53(49,50)42-34(47)37-20-25(37)17-13-8-7-9-14-18-27(40-35(48)51-36(3,4)5)33(46)43-21-26(19-29(43)31(45)41-37)38-30(44)28-22-52-32(39-28)24-15-11-10-12-16-24/h10-13,15-17,22-23,25-27,29H,6-9,14,18-21H2,1-5H3,(H,38,44)(H,40,48)(H,41,45)(H,42,47)/b17-13-/t23?,25-,26-,27+,29+,37-/m1/s1. The molecule has 1 aromatic heterocycles. The Morgan fingerprint density at radius 3 is 2.55 bits per heavy atom. The van der Waals surface area contributed by atoms with E-state index >= 15 is 0 Å². The van der Waals surface area contributed by atoms with Crippen LogP contribution in [0.4, 0.5) is 4.79 Å². The van der Waals surface area contributed by atoms with E-state index in [-0.39, 0.29) is 37.9 Å². The molecule has 3 heterocycles. The minimum absolute atomic E-state index is 0.00151. The first kappa shape index (κ1) is 39.9. The summed E-state index contributed by atoms with van der Waals surface area (Å²) in [6.07, 6.45) is 6.51. The van der Waals surface area contributed by atoms with Crippen LogP contribution in [0.5, 0.6) is 0 Å². The molecule has 2 fully saturated rings. The van der Waals surface area contributed by atoms with Gasteiger partial charge in [-0.05, 0) is 66.2 Å². The topological polar surface area (TPSA) is 193 Å². The van der Waals surface area contributed by atoms with Gasteiger partial charge in [-0.15, -0.1) is 11.3 Å². The lowest BCUT2D eigenvalue weighted by molar-refractivity contribution is -0.141. The summed E-state index contributed by atoms with van der Waals surface area (Å²) < 4.78 is 33.5. The Labute approximate surface area is 315 Å². The molecule has 1 aromatic carbocycles. The van der Waals surface area contributed by atoms with Crippen LogP contribution >= 0.6 is 11.3 Å². The molecular weight excluding hydrogens is 721 g/mol. The normalized spacial score (nSPS) is 26.4. The van der Waals surface area contributed by atoms with Crippen LogP contribution < -0.4 is 20.7 Å². The quantitative estimate of drug-likeness (QED) is 0.287. The average molecular weight is 771 g/mol. The Hall–Kier alpha value is -4.31. The predicted molar refractivity (Wildman–Crippen MR) is 200 cm³/mol. The number of thiazole rings is 1. The van der Waals surface area contributed by atoms with E-state index in [0.717, 1.165) is 18.4 Å². The van der Waals surface area contributed by atoms with Gasteiger partial charge in [0.25, 0.3) is 11.8 Å². The molecule has 2 aliphatic heterocycles. The molecule has 6 atom stereocenters. The highest BCUT2D eigenvalue weighted by molar-refractivity contribution is 7.90. The van der Waals surface area contributed by atoms with Crippen molar-refractivity contribution in [2.75, 3.05) is 6.54 Å². The summed E-state index contributed by atoms with van der Waals surface area (Å²) in [6, 6.07) is 6.55. The van der Waals surface area contributed by atoms with Crippen molar-refractivity contribution < 1.29 is 37.1 Å². The van der Waals surface area contributed by atoms with Crippen molar-refractivity contribution in [3.05, 3.63) is 53.6 Å². The molecule has 0 radical (unpaired) electrons. The van der Waals surface area contributed by atoms with Crippen molar-refractivity contribution in [2.24, 2.45) is 5.92 Å². The number of allylic oxidation sites excluding steroid dienone is 1. The van der Waals surface area contributed by atoms with E-state index in [2.05, 4.69) is 25.7 Å². The summed E-state index contributed by atoms with van der Waals surface area (Å²) in [6.45, 7) is 8.27. The summed E-state index contributed by atoms with van der Waals surface area (Å²) in [7, 11) is -4.02. The zero-order valence-electron chi connectivity index (χ0n) is 30.8. The van der Waals surface area contributed by atoms with Crippen LogP contribution in [-0.4, -0.2) is 89.1 Å². The molecule has 1 saturated carbocycles. The third-order valence-electron chi connectivity index (χ3n) is 9.81. The number of amides is 5. The van der Waals surface area contributed by atoms with Crippen molar-refractivity contribution in [1.82, 2.24) is 30.6 Å². The number of ether oxygens (including phenoxy) is 1. The van der Waals surface area contributed by atoms with E-state index in [0.29, 0.717) is 17.8 Å². The largest absolute Gasteiger partial charge is 0.444 e. The van der Waals surface area contributed by atoms with Gasteiger partial charge in [0.1, 0.15) is 33.9 Å². The highest BCUT2D eigenvalue weighted by atomic mass is 32.2. The van der Waals surface area contributed by atoms with Crippen LogP contribution in [0.25, 0.3) is 10.6 Å². The Morgan fingerprint density at radius 1 is 1.11 bits per heavy atom. The van der Waals surface area contributed by atoms with Crippen LogP contribution in [0.15, 0.2) is 47.9 Å². The minimum atomic E-state index is -4.02. The Kier molecular flexibility index (Phi) is 12.3. The lowest BCUT2D eigenvalue weighted by Crippen LogP contribution is -2.58. The second-order valence-corrected chi connectivity index (χ2v) is 18.0. The first-order valence-corrected chi connectivity index (χ1v) is 20.6. The smallest absolute Gasteiger partial charge is 0.408 e. The monoisotopic (exact) mass is 770 g/mol. The first-order valence-electron chi connectivity index (χ1n) is 18.2. The molecule has 288 valence electrons. The van der Waals surface area contributed by atoms with E-state index in [1.165, 1.54) is 23.2 Å². The molecule has 4 N–H and O–H groups in total. The number of hydrogen-bond donors (Lipinski definition) is 4. The maximum Gasteiger partial charge on any atom is 0.408 e. The highest BCUT2D eigenvalue weighted by Gasteiger charge is 2.61. The maximum absolute atomic E-state index is 14.4. The van der Waals surface area contributed by atoms with Gasteiger partial charge >= 0.3 is 6.09 Å². The number of nitrogens with zero attached hydrogens (tertiary/aromatic N) is 2. The van der Waals surface area contributed by atoms with E-state index in [4.69, 9.17) is 4.74 Å². The molecule has 16 heteroatoms. The van der Waals surface area contributed by atoms with Crippen molar-refractivity contribution >= 4 is 51.1 Å². The molecule has 3 aliphatic rings. The lowest BCUT2D eigenvalue weighted by Gasteiger charge is -2.30. The number of nitrogens with one attached hydrogen (secondary N) is 4. The van der Waals surface area contributed by atoms with Gasteiger partial charge in [-0.25, -0.2) is 18.2 Å². The molecule has 53 heavy (non-hydrogen) atoms. The van der Waals surface area contributed by atoms with Gasteiger partial charge in [0.2, 0.25) is 21.8 Å². The van der Waals surface area contributed by atoms with Crippen LogP contribution in [0.2, 0.25) is 0 Å². The van der Waals surface area contributed by atoms with Crippen LogP contribution in [0.1, 0.15) is 96.5 Å². The van der Waals surface area contributed by atoms with Crippen molar-refractivity contribution in [3.8, 4) is 10.6 Å². The summed E-state index contributed by atoms with van der Waals surface area (Å²) >= 11 is 1.31. The molecule has 1 unspecified atom stereocenters. The highest BCUT2D eigenvalue weighted by Crippen LogP contribution is 2.46. The average Bonchev–Trinajstić information content (AvgIpc) is 3.40. The Morgan fingerprint density at radius 2 is 1.85 bits per heavy atom. The second-order valence-electron chi connectivity index (χ2n) is 15.0. The maximum atomic E-state index is 14.4. The molecule has 0 spiro atoms. The van der Waals surface area contributed by atoms with Gasteiger partial charge in [0, 0.05) is 29.4 Å². The van der Waals surface area contributed by atoms with Crippen LogP contribution in [-0.2, 0) is 29.1 Å². The molecule has 0 bridgehead atoms. The minimum Gasteiger partial charge on any atom is -0.444 e. The molecule has 14 nitrogen and oxygen atoms in total. The van der Waals surface area contributed by atoms with Crippen molar-refractivity contribution in [1.29, 1.82) is 0 Å². The molecule has 1 aliphatic carbocycles. The zero-order chi connectivity index (χ0) is 38.6. The number of benzene rings is 1. The van der Waals surface area contributed by atoms with Crippen molar-refractivity contribution in [3.63, 3.8) is 0 Å². The van der Waals surface area contributed by atoms with Crippen molar-refractivity contribution in [2.45, 2.75) is 121 Å². The van der Waals surface area contributed by atoms with E-state index in [1.54, 1.807) is 33.1 Å². The number of hydrogen-bond acceptors (Lipinski definition) is 10. The molecule has 1 saturated heterocycles. The number of aromatic nitrogens is 1. The number of alkyl carbamates (subject to hydrolysis) is 1. The third kappa shape index (κ3) is 9.82. The summed E-state index contributed by atoms with van der Waals surface area (Å²) in [4.78, 5) is 74.5. The number of carbonyl (C=O) groups excluding carboxylic acids is 5. The van der Waals surface area contributed by atoms with Gasteiger partial charge in [-0.3, -0.25) is 23.9 Å². The number of sulfonamides is 1. The fourth-order valence-electron chi connectivity index (χ4n) is 6.56. The van der Waals surface area contributed by atoms with Gasteiger partial charge < -0.3 is 25.6 Å².